The molecule has 2 aromatic carbocycles. The molecule has 3 rings (SSSR count). The van der Waals surface area contributed by atoms with Gasteiger partial charge in [-0.05, 0) is 67.1 Å². The first kappa shape index (κ1) is 19.6. The van der Waals surface area contributed by atoms with Crippen LogP contribution < -0.4 is 11.1 Å². The Hall–Kier alpha value is -3.20. The highest BCUT2D eigenvalue weighted by Gasteiger charge is 2.20. The molecule has 0 saturated carbocycles. The number of tetrazole rings is 1. The van der Waals surface area contributed by atoms with Crippen LogP contribution in [0.2, 0.25) is 0 Å². The van der Waals surface area contributed by atoms with Gasteiger partial charge < -0.3 is 11.1 Å². The van der Waals surface area contributed by atoms with Crippen molar-refractivity contribution < 1.29 is 9.59 Å². The summed E-state index contributed by atoms with van der Waals surface area (Å²) in [4.78, 5) is 23.6. The lowest BCUT2D eigenvalue weighted by molar-refractivity contribution is -0.115. The van der Waals surface area contributed by atoms with E-state index in [1.54, 1.807) is 35.9 Å². The number of aryl methyl sites for hydroxylation is 2. The van der Waals surface area contributed by atoms with Crippen LogP contribution >= 0.6 is 11.8 Å². The first-order valence-electron chi connectivity index (χ1n) is 8.58. The molecule has 0 aliphatic carbocycles. The number of primary amides is 1. The number of hydrogen-bond donors (Lipinski definition) is 2. The number of amides is 2. The monoisotopic (exact) mass is 396 g/mol. The molecule has 0 fully saturated rings. The third kappa shape index (κ3) is 4.37. The number of nitrogens with zero attached hydrogens (tertiary/aromatic N) is 4. The van der Waals surface area contributed by atoms with Gasteiger partial charge in [0.15, 0.2) is 0 Å². The van der Waals surface area contributed by atoms with Crippen LogP contribution in [0.15, 0.2) is 47.6 Å². The third-order valence-electron chi connectivity index (χ3n) is 4.11. The van der Waals surface area contributed by atoms with Crippen molar-refractivity contribution in [1.82, 2.24) is 20.2 Å². The number of rotatable bonds is 6. The fourth-order valence-corrected chi connectivity index (χ4v) is 3.42. The predicted molar refractivity (Wildman–Crippen MR) is 108 cm³/mol. The lowest BCUT2D eigenvalue weighted by Crippen LogP contribution is -2.23. The summed E-state index contributed by atoms with van der Waals surface area (Å²) in [6.07, 6.45) is 0. The Kier molecular flexibility index (Phi) is 5.74. The minimum absolute atomic E-state index is 0.202. The number of anilines is 1. The van der Waals surface area contributed by atoms with Gasteiger partial charge in [-0.3, -0.25) is 9.59 Å². The molecule has 144 valence electrons. The second-order valence-corrected chi connectivity index (χ2v) is 7.66. The minimum atomic E-state index is -0.514. The lowest BCUT2D eigenvalue weighted by Gasteiger charge is -2.13. The minimum Gasteiger partial charge on any atom is -0.366 e. The molecule has 28 heavy (non-hydrogen) atoms. The Labute approximate surface area is 166 Å². The van der Waals surface area contributed by atoms with Crippen LogP contribution in [0.4, 0.5) is 5.69 Å². The molecule has 1 atom stereocenters. The van der Waals surface area contributed by atoms with Crippen molar-refractivity contribution in [3.8, 4) is 5.69 Å². The van der Waals surface area contributed by atoms with Crippen molar-refractivity contribution in [3.63, 3.8) is 0 Å². The van der Waals surface area contributed by atoms with E-state index in [9.17, 15) is 9.59 Å². The molecule has 9 heteroatoms. The second-order valence-electron chi connectivity index (χ2n) is 6.35. The van der Waals surface area contributed by atoms with Gasteiger partial charge in [-0.15, -0.1) is 5.10 Å². The molecule has 0 aliphatic rings. The second kappa shape index (κ2) is 8.22. The van der Waals surface area contributed by atoms with Gasteiger partial charge >= 0.3 is 0 Å². The van der Waals surface area contributed by atoms with Gasteiger partial charge in [0.1, 0.15) is 0 Å². The molecule has 8 nitrogen and oxygen atoms in total. The van der Waals surface area contributed by atoms with Gasteiger partial charge in [0.05, 0.1) is 10.9 Å². The largest absolute Gasteiger partial charge is 0.366 e. The Morgan fingerprint density at radius 3 is 2.50 bits per heavy atom. The first-order chi connectivity index (χ1) is 13.3. The van der Waals surface area contributed by atoms with Crippen LogP contribution in [0.5, 0.6) is 0 Å². The van der Waals surface area contributed by atoms with E-state index < -0.39 is 11.2 Å². The molecule has 1 heterocycles. The summed E-state index contributed by atoms with van der Waals surface area (Å²) in [5.41, 5.74) is 9.24. The van der Waals surface area contributed by atoms with Gasteiger partial charge in [0.25, 0.3) is 0 Å². The van der Waals surface area contributed by atoms with E-state index in [0.29, 0.717) is 16.4 Å². The quantitative estimate of drug-likeness (QED) is 0.619. The van der Waals surface area contributed by atoms with Crippen LogP contribution in [0, 0.1) is 13.8 Å². The summed E-state index contributed by atoms with van der Waals surface area (Å²) in [6, 6.07) is 12.4. The van der Waals surface area contributed by atoms with Gasteiger partial charge in [0.2, 0.25) is 17.0 Å². The average Bonchev–Trinajstić information content (AvgIpc) is 3.10. The molecule has 0 spiro atoms. The van der Waals surface area contributed by atoms with Crippen LogP contribution in [0.1, 0.15) is 28.4 Å². The van der Waals surface area contributed by atoms with E-state index in [-0.39, 0.29) is 5.91 Å². The van der Waals surface area contributed by atoms with E-state index in [4.69, 9.17) is 5.73 Å². The summed E-state index contributed by atoms with van der Waals surface area (Å²) < 4.78 is 1.63. The zero-order valence-electron chi connectivity index (χ0n) is 15.7. The van der Waals surface area contributed by atoms with E-state index in [1.165, 1.54) is 11.8 Å². The van der Waals surface area contributed by atoms with Crippen molar-refractivity contribution >= 4 is 29.3 Å². The van der Waals surface area contributed by atoms with E-state index in [1.807, 2.05) is 26.0 Å². The Morgan fingerprint density at radius 1 is 1.14 bits per heavy atom. The van der Waals surface area contributed by atoms with Crippen LogP contribution in [-0.4, -0.2) is 37.3 Å². The fraction of sp³-hybridized carbons (Fsp3) is 0.211. The molecule has 3 N–H and O–H groups in total. The predicted octanol–water partition coefficient (Wildman–Crippen LogP) is 2.50. The van der Waals surface area contributed by atoms with Gasteiger partial charge in [0, 0.05) is 11.3 Å². The number of nitrogens with two attached hydrogens (primary N) is 1. The number of hydrogen-bond acceptors (Lipinski definition) is 6. The number of benzene rings is 2. The molecule has 0 saturated heterocycles. The Balaban J connectivity index is 1.71. The van der Waals surface area contributed by atoms with Crippen molar-refractivity contribution in [2.24, 2.45) is 5.73 Å². The zero-order valence-corrected chi connectivity index (χ0v) is 16.5. The number of aromatic nitrogens is 4. The maximum atomic E-state index is 12.5. The zero-order chi connectivity index (χ0) is 20.3. The maximum Gasteiger partial charge on any atom is 0.248 e. The molecule has 0 radical (unpaired) electrons. The highest BCUT2D eigenvalue weighted by molar-refractivity contribution is 8.00. The average molecular weight is 396 g/mol. The number of thioether (sulfide) groups is 1. The van der Waals surface area contributed by atoms with Crippen molar-refractivity contribution in [2.75, 3.05) is 5.32 Å². The summed E-state index contributed by atoms with van der Waals surface area (Å²) in [6.45, 7) is 5.79. The summed E-state index contributed by atoms with van der Waals surface area (Å²) in [5, 5.41) is 14.8. The molecule has 0 bridgehead atoms. The van der Waals surface area contributed by atoms with Gasteiger partial charge in [-0.2, -0.15) is 4.68 Å². The van der Waals surface area contributed by atoms with Crippen molar-refractivity contribution in [2.45, 2.75) is 31.2 Å². The normalized spacial score (nSPS) is 11.8. The number of carbonyl (C=O) groups is 2. The van der Waals surface area contributed by atoms with E-state index in [0.717, 1.165) is 16.8 Å². The Bertz CT molecular complexity index is 1020. The molecule has 0 aliphatic heterocycles. The summed E-state index contributed by atoms with van der Waals surface area (Å²) in [5.74, 6) is -0.716. The summed E-state index contributed by atoms with van der Waals surface area (Å²) in [7, 11) is 0. The van der Waals surface area contributed by atoms with Crippen molar-refractivity contribution in [1.29, 1.82) is 0 Å². The van der Waals surface area contributed by atoms with Crippen molar-refractivity contribution in [3.05, 3.63) is 59.2 Å². The van der Waals surface area contributed by atoms with Gasteiger partial charge in [-0.25, -0.2) is 0 Å². The lowest BCUT2D eigenvalue weighted by atomic mass is 10.1. The molecular formula is C19H20N6O2S. The highest BCUT2D eigenvalue weighted by Crippen LogP contribution is 2.25. The maximum absolute atomic E-state index is 12.5. The van der Waals surface area contributed by atoms with Crippen LogP contribution in [0.25, 0.3) is 5.69 Å². The Morgan fingerprint density at radius 2 is 1.86 bits per heavy atom. The molecule has 1 aromatic heterocycles. The van der Waals surface area contributed by atoms with Gasteiger partial charge in [-0.1, -0.05) is 29.5 Å². The molecule has 3 aromatic rings. The van der Waals surface area contributed by atoms with Crippen LogP contribution in [0.3, 0.4) is 0 Å². The molecule has 1 unspecified atom stereocenters. The number of carbonyl (C=O) groups excluding carboxylic acids is 2. The third-order valence-corrected chi connectivity index (χ3v) is 5.14. The fourth-order valence-electron chi connectivity index (χ4n) is 2.62. The topological polar surface area (TPSA) is 116 Å². The highest BCUT2D eigenvalue weighted by atomic mass is 32.2. The first-order valence-corrected chi connectivity index (χ1v) is 9.46. The van der Waals surface area contributed by atoms with Crippen LogP contribution in [-0.2, 0) is 4.79 Å². The number of nitrogens with one attached hydrogen (secondary N) is 1. The standard InChI is InChI=1S/C19H20N6O2S/c1-11-4-9-16(12(2)10-11)25-19(22-23-24-25)28-13(3)18(27)21-15-7-5-14(6-8-15)17(20)26/h4-10,13H,1-3H3,(H2,20,26)(H,21,27). The van der Waals surface area contributed by atoms with E-state index >= 15 is 0 Å². The molecule has 2 amide bonds. The van der Waals surface area contributed by atoms with E-state index in [2.05, 4.69) is 26.9 Å². The molecular weight excluding hydrogens is 376 g/mol. The smallest absolute Gasteiger partial charge is 0.248 e. The summed E-state index contributed by atoms with van der Waals surface area (Å²) >= 11 is 1.26. The SMILES string of the molecule is Cc1ccc(-n2nnnc2SC(C)C(=O)Nc2ccc(C(N)=O)cc2)c(C)c1.